The van der Waals surface area contributed by atoms with Gasteiger partial charge in [0.25, 0.3) is 11.8 Å². The molecule has 1 saturated heterocycles. The van der Waals surface area contributed by atoms with Crippen LogP contribution in [0.1, 0.15) is 21.5 Å². The van der Waals surface area contributed by atoms with Gasteiger partial charge in [0.1, 0.15) is 12.5 Å². The number of nitrogens with one attached hydrogen (secondary N) is 1. The second-order valence-corrected chi connectivity index (χ2v) is 17.5. The number of fused-ring (bicyclic) bond motifs is 1. The highest BCUT2D eigenvalue weighted by Gasteiger charge is 2.54. The fourth-order valence-corrected chi connectivity index (χ4v) is 5.94. The summed E-state index contributed by atoms with van der Waals surface area (Å²) in [7, 11) is -2.39. The third kappa shape index (κ3) is 6.10. The van der Waals surface area contributed by atoms with Crippen molar-refractivity contribution < 1.29 is 28.8 Å². The van der Waals surface area contributed by atoms with Crippen molar-refractivity contribution in [2.24, 2.45) is 0 Å². The van der Waals surface area contributed by atoms with Gasteiger partial charge in [0.05, 0.1) is 6.54 Å². The van der Waals surface area contributed by atoms with Gasteiger partial charge in [-0.25, -0.2) is 9.69 Å². The van der Waals surface area contributed by atoms with Crippen LogP contribution in [0.2, 0.25) is 32.5 Å². The topological polar surface area (TPSA) is 121 Å². The van der Waals surface area contributed by atoms with Crippen molar-refractivity contribution in [1.82, 2.24) is 20.1 Å². The van der Waals surface area contributed by atoms with Crippen molar-refractivity contribution in [2.45, 2.75) is 44.6 Å². The Balaban J connectivity index is 1.44. The van der Waals surface area contributed by atoms with Crippen LogP contribution in [-0.2, 0) is 21.6 Å². The zero-order chi connectivity index (χ0) is 30.1. The first-order chi connectivity index (χ1) is 20.0. The third-order valence-corrected chi connectivity index (χ3v) is 9.18. The van der Waals surface area contributed by atoms with E-state index < -0.39 is 32.7 Å². The Morgan fingerprint density at radius 2 is 1.71 bits per heavy atom. The summed E-state index contributed by atoms with van der Waals surface area (Å²) in [6.45, 7) is 8.66. The number of amides is 4. The molecular formula is C30H35BN4O6Si. The van der Waals surface area contributed by atoms with Gasteiger partial charge in [-0.1, -0.05) is 50.0 Å². The molecule has 1 fully saturated rings. The molecule has 218 valence electrons. The molecule has 0 saturated carbocycles. The predicted octanol–water partition coefficient (Wildman–Crippen LogP) is 3.95. The Labute approximate surface area is 246 Å². The largest absolute Gasteiger partial charge is 0.536 e. The molecule has 2 aliphatic rings. The lowest BCUT2D eigenvalue weighted by atomic mass is 9.87. The second kappa shape index (κ2) is 11.7. The van der Waals surface area contributed by atoms with E-state index in [0.29, 0.717) is 23.5 Å². The number of pyridine rings is 1. The van der Waals surface area contributed by atoms with Crippen LogP contribution in [0.15, 0.2) is 67.0 Å². The van der Waals surface area contributed by atoms with E-state index in [1.54, 1.807) is 35.5 Å². The van der Waals surface area contributed by atoms with Gasteiger partial charge in [0, 0.05) is 39.2 Å². The molecule has 10 nitrogen and oxygen atoms in total. The van der Waals surface area contributed by atoms with E-state index in [1.807, 2.05) is 36.4 Å². The number of benzene rings is 2. The van der Waals surface area contributed by atoms with Crippen LogP contribution in [0.4, 0.5) is 4.79 Å². The standard InChI is InChI=1S/C30H35BN4O6Si/c1-31(39)41-25-10-7-23-18-34(27(36)26(23)17-25)19-30(24-8-5-21(6-9-24)22-11-13-32-14-12-22)28(37)35(29(38)33-30)20-40-15-16-42(2,3)4/h5-14,17,39H,15-16,18-20H2,1-4H3,(H,33,38)/t30-/m0/s1. The Morgan fingerprint density at radius 1 is 1.02 bits per heavy atom. The molecule has 2 N–H and O–H groups in total. The minimum absolute atomic E-state index is 0.0717. The molecule has 2 aliphatic heterocycles. The average molecular weight is 587 g/mol. The lowest BCUT2D eigenvalue weighted by molar-refractivity contribution is -0.135. The fourth-order valence-electron chi connectivity index (χ4n) is 5.19. The summed E-state index contributed by atoms with van der Waals surface area (Å²) in [5, 5.41) is 12.5. The molecule has 2 aromatic carbocycles. The average Bonchev–Trinajstić information content (AvgIpc) is 3.38. The van der Waals surface area contributed by atoms with Crippen LogP contribution in [-0.4, -0.2) is 72.7 Å². The van der Waals surface area contributed by atoms with Crippen molar-refractivity contribution in [3.63, 3.8) is 0 Å². The zero-order valence-corrected chi connectivity index (χ0v) is 25.3. The van der Waals surface area contributed by atoms with E-state index >= 15 is 0 Å². The summed E-state index contributed by atoms with van der Waals surface area (Å²) < 4.78 is 11.1. The van der Waals surface area contributed by atoms with E-state index in [9.17, 15) is 19.4 Å². The van der Waals surface area contributed by atoms with Gasteiger partial charge in [-0.2, -0.15) is 0 Å². The van der Waals surface area contributed by atoms with Crippen molar-refractivity contribution in [3.05, 3.63) is 83.7 Å². The van der Waals surface area contributed by atoms with E-state index in [-0.39, 0.29) is 25.7 Å². The van der Waals surface area contributed by atoms with E-state index in [1.165, 1.54) is 6.82 Å². The smallest absolute Gasteiger partial charge is 0.519 e. The first-order valence-corrected chi connectivity index (χ1v) is 17.7. The highest BCUT2D eigenvalue weighted by Crippen LogP contribution is 2.35. The summed E-state index contributed by atoms with van der Waals surface area (Å²) in [4.78, 5) is 47.6. The van der Waals surface area contributed by atoms with E-state index in [2.05, 4.69) is 29.9 Å². The molecule has 12 heteroatoms. The van der Waals surface area contributed by atoms with Crippen LogP contribution in [0.5, 0.6) is 5.75 Å². The molecule has 0 radical (unpaired) electrons. The van der Waals surface area contributed by atoms with Gasteiger partial charge < -0.3 is 24.6 Å². The highest BCUT2D eigenvalue weighted by molar-refractivity contribution is 6.76. The maximum atomic E-state index is 14.1. The van der Waals surface area contributed by atoms with Crippen molar-refractivity contribution in [2.75, 3.05) is 19.9 Å². The Hall–Kier alpha value is -4.00. The number of ether oxygens (including phenoxy) is 1. The van der Waals surface area contributed by atoms with Crippen molar-refractivity contribution >= 4 is 33.0 Å². The van der Waals surface area contributed by atoms with Gasteiger partial charge >= 0.3 is 13.1 Å². The molecule has 0 bridgehead atoms. The Bertz CT molecular complexity index is 1480. The molecule has 5 rings (SSSR count). The third-order valence-electron chi connectivity index (χ3n) is 7.48. The Kier molecular flexibility index (Phi) is 8.22. The minimum Gasteiger partial charge on any atom is -0.536 e. The number of carbonyl (C=O) groups excluding carboxylic acids is 3. The van der Waals surface area contributed by atoms with Gasteiger partial charge in [-0.15, -0.1) is 0 Å². The van der Waals surface area contributed by atoms with Crippen LogP contribution in [0.25, 0.3) is 11.1 Å². The number of nitrogens with zero attached hydrogens (tertiary/aromatic N) is 3. The molecular weight excluding hydrogens is 551 g/mol. The lowest BCUT2D eigenvalue weighted by Gasteiger charge is -2.32. The lowest BCUT2D eigenvalue weighted by Crippen LogP contribution is -2.53. The first kappa shape index (κ1) is 29.5. The maximum Gasteiger partial charge on any atom is 0.519 e. The quantitative estimate of drug-likeness (QED) is 0.198. The monoisotopic (exact) mass is 586 g/mol. The number of aromatic nitrogens is 1. The summed E-state index contributed by atoms with van der Waals surface area (Å²) >= 11 is 0. The first-order valence-electron chi connectivity index (χ1n) is 14.0. The van der Waals surface area contributed by atoms with E-state index in [0.717, 1.165) is 27.6 Å². The number of rotatable bonds is 11. The van der Waals surface area contributed by atoms with Crippen LogP contribution in [0.3, 0.4) is 0 Å². The molecule has 0 spiro atoms. The van der Waals surface area contributed by atoms with Crippen molar-refractivity contribution in [3.8, 4) is 16.9 Å². The molecule has 0 unspecified atom stereocenters. The van der Waals surface area contributed by atoms with Gasteiger partial charge in [-0.05, 0) is 59.4 Å². The molecule has 42 heavy (non-hydrogen) atoms. The second-order valence-electron chi connectivity index (χ2n) is 11.9. The van der Waals surface area contributed by atoms with Crippen LogP contribution >= 0.6 is 0 Å². The maximum absolute atomic E-state index is 14.1. The molecule has 3 aromatic rings. The number of imide groups is 1. The zero-order valence-electron chi connectivity index (χ0n) is 24.3. The van der Waals surface area contributed by atoms with Gasteiger partial charge in [0.2, 0.25) is 0 Å². The number of urea groups is 1. The molecule has 4 amide bonds. The Morgan fingerprint density at radius 3 is 2.38 bits per heavy atom. The van der Waals surface area contributed by atoms with Crippen LogP contribution < -0.4 is 9.97 Å². The van der Waals surface area contributed by atoms with Gasteiger partial charge in [-0.3, -0.25) is 14.6 Å². The van der Waals surface area contributed by atoms with Crippen molar-refractivity contribution in [1.29, 1.82) is 0 Å². The summed E-state index contributed by atoms with van der Waals surface area (Å²) in [6, 6.07) is 16.6. The fraction of sp³-hybridized carbons (Fsp3) is 0.333. The van der Waals surface area contributed by atoms with Crippen LogP contribution in [0, 0.1) is 0 Å². The SMILES string of the molecule is CB(O)Oc1ccc2c(c1)C(=O)N(C[C@@]1(c3ccc(-c4ccncc4)cc3)NC(=O)N(COCC[Si](C)(C)C)C1=O)C2. The summed E-state index contributed by atoms with van der Waals surface area (Å²) in [5.74, 6) is -0.396. The number of carbonyl (C=O) groups is 3. The molecule has 3 heterocycles. The summed E-state index contributed by atoms with van der Waals surface area (Å²) in [6.07, 6.45) is 3.42. The number of hydrogen-bond acceptors (Lipinski definition) is 7. The molecule has 1 aromatic heterocycles. The number of hydrogen-bond donors (Lipinski definition) is 2. The predicted molar refractivity (Wildman–Crippen MR) is 161 cm³/mol. The van der Waals surface area contributed by atoms with E-state index in [4.69, 9.17) is 9.39 Å². The molecule has 0 aliphatic carbocycles. The summed E-state index contributed by atoms with van der Waals surface area (Å²) in [5.41, 5.74) is 2.14. The van der Waals surface area contributed by atoms with Gasteiger partial charge in [0.15, 0.2) is 5.54 Å². The normalized spacial score (nSPS) is 18.4. The minimum atomic E-state index is -1.51. The highest BCUT2D eigenvalue weighted by atomic mass is 28.3. The molecule has 1 atom stereocenters.